The Kier molecular flexibility index (Phi) is 6.89. The third-order valence-electron chi connectivity index (χ3n) is 3.73. The van der Waals surface area contributed by atoms with Gasteiger partial charge >= 0.3 is 0 Å². The Balaban J connectivity index is 1.90. The third-order valence-corrected chi connectivity index (χ3v) is 4.36. The number of para-hydroxylation sites is 1. The molecule has 0 saturated carbocycles. The van der Waals surface area contributed by atoms with Crippen LogP contribution in [0.4, 0.5) is 5.69 Å². The highest BCUT2D eigenvalue weighted by Gasteiger charge is 2.16. The van der Waals surface area contributed by atoms with Crippen LogP contribution >= 0.6 is 23.2 Å². The molecule has 138 valence electrons. The predicted octanol–water partition coefficient (Wildman–Crippen LogP) is 4.09. The van der Waals surface area contributed by atoms with E-state index >= 15 is 0 Å². The lowest BCUT2D eigenvalue weighted by Gasteiger charge is -2.18. The van der Waals surface area contributed by atoms with Gasteiger partial charge in [-0.25, -0.2) is 0 Å². The lowest BCUT2D eigenvalue weighted by Crippen LogP contribution is -2.37. The lowest BCUT2D eigenvalue weighted by molar-refractivity contribution is -0.135. The first-order valence-corrected chi connectivity index (χ1v) is 8.71. The zero-order valence-electron chi connectivity index (χ0n) is 14.8. The molecule has 5 nitrogen and oxygen atoms in total. The number of hydrogen-bond donors (Lipinski definition) is 1. The van der Waals surface area contributed by atoms with Gasteiger partial charge in [0.1, 0.15) is 5.75 Å². The first-order chi connectivity index (χ1) is 12.3. The molecule has 0 aliphatic heterocycles. The molecule has 0 radical (unpaired) electrons. The minimum Gasteiger partial charge on any atom is -0.483 e. The summed E-state index contributed by atoms with van der Waals surface area (Å²) in [5.74, 6) is -0.0621. The molecule has 0 heterocycles. The molecule has 0 aromatic heterocycles. The Morgan fingerprint density at radius 3 is 2.42 bits per heavy atom. The number of aryl methyl sites for hydroxylation is 2. The minimum absolute atomic E-state index is 0.142. The van der Waals surface area contributed by atoms with E-state index in [2.05, 4.69) is 5.32 Å². The number of benzene rings is 2. The molecule has 2 rings (SSSR count). The molecule has 0 spiro atoms. The summed E-state index contributed by atoms with van der Waals surface area (Å²) in [5.41, 5.74) is 2.31. The van der Waals surface area contributed by atoms with Crippen LogP contribution in [0.2, 0.25) is 10.0 Å². The fourth-order valence-electron chi connectivity index (χ4n) is 2.21. The van der Waals surface area contributed by atoms with Crippen molar-refractivity contribution < 1.29 is 14.3 Å². The standard InChI is InChI=1S/C19H20Cl2N2O3/c1-12-7-8-13(2)16(9-12)26-11-18(25)23(3)10-17(24)22-19-14(20)5-4-6-15(19)21/h4-9H,10-11H2,1-3H3,(H,22,24). The largest absolute Gasteiger partial charge is 0.483 e. The van der Waals surface area contributed by atoms with Crippen LogP contribution in [0.5, 0.6) is 5.75 Å². The fourth-order valence-corrected chi connectivity index (χ4v) is 2.70. The molecule has 2 aromatic carbocycles. The van der Waals surface area contributed by atoms with E-state index in [1.54, 1.807) is 18.2 Å². The second kappa shape index (κ2) is 8.92. The zero-order valence-corrected chi connectivity index (χ0v) is 16.3. The van der Waals surface area contributed by atoms with Gasteiger partial charge in [0.05, 0.1) is 22.3 Å². The Labute approximate surface area is 162 Å². The number of carbonyl (C=O) groups is 2. The van der Waals surface area contributed by atoms with Gasteiger partial charge in [-0.15, -0.1) is 0 Å². The molecule has 0 atom stereocenters. The normalized spacial score (nSPS) is 10.3. The zero-order chi connectivity index (χ0) is 19.3. The number of halogens is 2. The second-order valence-corrected chi connectivity index (χ2v) is 6.77. The summed E-state index contributed by atoms with van der Waals surface area (Å²) in [6.07, 6.45) is 0. The van der Waals surface area contributed by atoms with Crippen molar-refractivity contribution in [3.63, 3.8) is 0 Å². The number of rotatable bonds is 6. The molecule has 0 aliphatic rings. The van der Waals surface area contributed by atoms with E-state index in [0.717, 1.165) is 11.1 Å². The van der Waals surface area contributed by atoms with Gasteiger partial charge in [0.2, 0.25) is 5.91 Å². The van der Waals surface area contributed by atoms with Crippen LogP contribution in [0, 0.1) is 13.8 Å². The number of amides is 2. The van der Waals surface area contributed by atoms with Gasteiger partial charge in [-0.3, -0.25) is 9.59 Å². The number of anilines is 1. The van der Waals surface area contributed by atoms with Gasteiger partial charge in [-0.2, -0.15) is 0 Å². The van der Waals surface area contributed by atoms with Crippen molar-refractivity contribution in [3.05, 3.63) is 57.6 Å². The van der Waals surface area contributed by atoms with Gasteiger partial charge in [0.15, 0.2) is 6.61 Å². The SMILES string of the molecule is Cc1ccc(C)c(OCC(=O)N(C)CC(=O)Nc2c(Cl)cccc2Cl)c1. The maximum absolute atomic E-state index is 12.2. The van der Waals surface area contributed by atoms with Crippen molar-refractivity contribution in [2.24, 2.45) is 0 Å². The van der Waals surface area contributed by atoms with E-state index in [-0.39, 0.29) is 19.1 Å². The molecule has 0 unspecified atom stereocenters. The van der Waals surface area contributed by atoms with Crippen LogP contribution in [0.3, 0.4) is 0 Å². The molecule has 26 heavy (non-hydrogen) atoms. The van der Waals surface area contributed by atoms with Crippen molar-refractivity contribution in [1.29, 1.82) is 0 Å². The van der Waals surface area contributed by atoms with Crippen LogP contribution in [-0.4, -0.2) is 36.9 Å². The van der Waals surface area contributed by atoms with Crippen LogP contribution in [0.15, 0.2) is 36.4 Å². The van der Waals surface area contributed by atoms with Crippen molar-refractivity contribution >= 4 is 40.7 Å². The van der Waals surface area contributed by atoms with E-state index in [9.17, 15) is 9.59 Å². The topological polar surface area (TPSA) is 58.6 Å². The smallest absolute Gasteiger partial charge is 0.260 e. The molecule has 2 amide bonds. The Bertz CT molecular complexity index is 804. The lowest BCUT2D eigenvalue weighted by atomic mass is 10.1. The highest BCUT2D eigenvalue weighted by Crippen LogP contribution is 2.29. The Hall–Kier alpha value is -2.24. The average Bonchev–Trinajstić information content (AvgIpc) is 2.58. The Morgan fingerprint density at radius 1 is 1.12 bits per heavy atom. The van der Waals surface area contributed by atoms with E-state index < -0.39 is 5.91 Å². The first-order valence-electron chi connectivity index (χ1n) is 7.96. The van der Waals surface area contributed by atoms with Crippen LogP contribution in [0.1, 0.15) is 11.1 Å². The average molecular weight is 395 g/mol. The maximum Gasteiger partial charge on any atom is 0.260 e. The molecule has 0 aliphatic carbocycles. The minimum atomic E-state index is -0.400. The van der Waals surface area contributed by atoms with E-state index in [4.69, 9.17) is 27.9 Å². The molecule has 0 saturated heterocycles. The molecular formula is C19H20Cl2N2O3. The Morgan fingerprint density at radius 2 is 1.77 bits per heavy atom. The number of ether oxygens (including phenoxy) is 1. The number of likely N-dealkylation sites (N-methyl/N-ethyl adjacent to an activating group) is 1. The monoisotopic (exact) mass is 394 g/mol. The molecule has 0 bridgehead atoms. The number of nitrogens with one attached hydrogen (secondary N) is 1. The van der Waals surface area contributed by atoms with Gasteiger partial charge in [0.25, 0.3) is 5.91 Å². The van der Waals surface area contributed by atoms with Crippen molar-refractivity contribution in [3.8, 4) is 5.75 Å². The molecule has 1 N–H and O–H groups in total. The number of carbonyl (C=O) groups excluding carboxylic acids is 2. The second-order valence-electron chi connectivity index (χ2n) is 5.95. The molecule has 2 aromatic rings. The van der Waals surface area contributed by atoms with Crippen molar-refractivity contribution in [2.45, 2.75) is 13.8 Å². The summed E-state index contributed by atoms with van der Waals surface area (Å²) in [5, 5.41) is 3.28. The summed E-state index contributed by atoms with van der Waals surface area (Å²) < 4.78 is 5.57. The van der Waals surface area contributed by atoms with Gasteiger partial charge in [-0.1, -0.05) is 41.4 Å². The summed E-state index contributed by atoms with van der Waals surface area (Å²) in [6, 6.07) is 10.7. The van der Waals surface area contributed by atoms with Crippen molar-refractivity contribution in [2.75, 3.05) is 25.5 Å². The van der Waals surface area contributed by atoms with E-state index in [0.29, 0.717) is 21.5 Å². The van der Waals surface area contributed by atoms with Crippen molar-refractivity contribution in [1.82, 2.24) is 4.90 Å². The van der Waals surface area contributed by atoms with Crippen LogP contribution < -0.4 is 10.1 Å². The molecular weight excluding hydrogens is 375 g/mol. The van der Waals surface area contributed by atoms with Gasteiger partial charge < -0.3 is 15.0 Å². The summed E-state index contributed by atoms with van der Waals surface area (Å²) in [6.45, 7) is 3.56. The number of nitrogens with zero attached hydrogens (tertiary/aromatic N) is 1. The summed E-state index contributed by atoms with van der Waals surface area (Å²) in [7, 11) is 1.53. The predicted molar refractivity (Wildman–Crippen MR) is 104 cm³/mol. The summed E-state index contributed by atoms with van der Waals surface area (Å²) in [4.78, 5) is 25.6. The van der Waals surface area contributed by atoms with E-state index in [1.165, 1.54) is 11.9 Å². The van der Waals surface area contributed by atoms with E-state index in [1.807, 2.05) is 32.0 Å². The molecule has 7 heteroatoms. The van der Waals surface area contributed by atoms with Gasteiger partial charge in [-0.05, 0) is 43.2 Å². The fraction of sp³-hybridized carbons (Fsp3) is 0.263. The number of hydrogen-bond acceptors (Lipinski definition) is 3. The van der Waals surface area contributed by atoms with Crippen LogP contribution in [-0.2, 0) is 9.59 Å². The van der Waals surface area contributed by atoms with Gasteiger partial charge in [0, 0.05) is 7.05 Å². The highest BCUT2D eigenvalue weighted by atomic mass is 35.5. The maximum atomic E-state index is 12.2. The van der Waals surface area contributed by atoms with Crippen LogP contribution in [0.25, 0.3) is 0 Å². The quantitative estimate of drug-likeness (QED) is 0.802. The third kappa shape index (κ3) is 5.38. The summed E-state index contributed by atoms with van der Waals surface area (Å²) >= 11 is 12.0. The molecule has 0 fully saturated rings. The highest BCUT2D eigenvalue weighted by molar-refractivity contribution is 6.39. The first kappa shape index (κ1) is 20.1.